The van der Waals surface area contributed by atoms with Gasteiger partial charge in [-0.05, 0) is 0 Å². The predicted octanol–water partition coefficient (Wildman–Crippen LogP) is 0.737. The van der Waals surface area contributed by atoms with Crippen LogP contribution >= 0.6 is 0 Å². The minimum Gasteiger partial charge on any atom is -0.315 e. The third-order valence-corrected chi connectivity index (χ3v) is 1.92. The molecule has 1 aliphatic rings. The number of amides is 3. The Morgan fingerprint density at radius 3 is 2.43 bits per heavy atom. The fraction of sp³-hybridized carbons (Fsp3) is 0.714. The maximum absolute atomic E-state index is 12.1. The minimum absolute atomic E-state index is 0.292. The molecule has 0 aromatic carbocycles. The molecule has 7 heteroatoms. The molecule has 14 heavy (non-hydrogen) atoms. The van der Waals surface area contributed by atoms with E-state index in [4.69, 9.17) is 0 Å². The summed E-state index contributed by atoms with van der Waals surface area (Å²) in [6.07, 6.45) is -4.34. The van der Waals surface area contributed by atoms with Crippen molar-refractivity contribution in [3.8, 4) is 0 Å². The van der Waals surface area contributed by atoms with E-state index in [2.05, 4.69) is 0 Å². The number of imide groups is 1. The Kier molecular flexibility index (Phi) is 2.68. The van der Waals surface area contributed by atoms with Crippen molar-refractivity contribution in [3.63, 3.8) is 0 Å². The molecule has 3 amide bonds. The van der Waals surface area contributed by atoms with Gasteiger partial charge in [0.1, 0.15) is 6.54 Å². The Labute approximate surface area is 78.1 Å². The van der Waals surface area contributed by atoms with Crippen molar-refractivity contribution in [1.82, 2.24) is 10.2 Å². The summed E-state index contributed by atoms with van der Waals surface area (Å²) in [7, 11) is 0. The van der Waals surface area contributed by atoms with Gasteiger partial charge in [0, 0.05) is 6.54 Å². The number of hydrogen-bond donors (Lipinski definition) is 1. The molecule has 0 aliphatic carbocycles. The number of urea groups is 1. The Bertz CT molecular complexity index is 264. The Morgan fingerprint density at radius 1 is 1.50 bits per heavy atom. The molecule has 0 aromatic rings. The second kappa shape index (κ2) is 3.47. The molecule has 0 radical (unpaired) electrons. The van der Waals surface area contributed by atoms with Gasteiger partial charge in [0.15, 0.2) is 0 Å². The van der Waals surface area contributed by atoms with Crippen LogP contribution in [0, 0.1) is 5.92 Å². The number of nitrogens with zero attached hydrogens (tertiary/aromatic N) is 1. The summed E-state index contributed by atoms with van der Waals surface area (Å²) in [5, 5.41) is 1.90. The van der Waals surface area contributed by atoms with Crippen LogP contribution in [0.3, 0.4) is 0 Å². The van der Waals surface area contributed by atoms with Gasteiger partial charge in [0.05, 0.1) is 5.92 Å². The zero-order valence-electron chi connectivity index (χ0n) is 7.39. The molecular weight excluding hydrogens is 201 g/mol. The lowest BCUT2D eigenvalue weighted by Crippen LogP contribution is -2.37. The molecule has 1 aliphatic heterocycles. The van der Waals surface area contributed by atoms with Crippen molar-refractivity contribution in [2.24, 2.45) is 5.92 Å². The van der Waals surface area contributed by atoms with Crippen molar-refractivity contribution in [3.05, 3.63) is 0 Å². The molecule has 0 aromatic heterocycles. The number of rotatable bonds is 2. The van der Waals surface area contributed by atoms with Crippen molar-refractivity contribution in [2.75, 3.05) is 13.1 Å². The summed E-state index contributed by atoms with van der Waals surface area (Å²) in [5.41, 5.74) is 0. The molecule has 0 bridgehead atoms. The first-order chi connectivity index (χ1) is 6.30. The van der Waals surface area contributed by atoms with Crippen molar-refractivity contribution >= 4 is 11.9 Å². The van der Waals surface area contributed by atoms with Gasteiger partial charge in [-0.1, -0.05) is 6.92 Å². The lowest BCUT2D eigenvalue weighted by atomic mass is 10.1. The van der Waals surface area contributed by atoms with Gasteiger partial charge in [-0.2, -0.15) is 13.2 Å². The van der Waals surface area contributed by atoms with Crippen molar-refractivity contribution < 1.29 is 22.8 Å². The van der Waals surface area contributed by atoms with Gasteiger partial charge >= 0.3 is 12.2 Å². The van der Waals surface area contributed by atoms with Crippen LogP contribution in [-0.2, 0) is 4.79 Å². The van der Waals surface area contributed by atoms with Crippen LogP contribution < -0.4 is 5.32 Å². The summed E-state index contributed by atoms with van der Waals surface area (Å²) in [4.78, 5) is 22.4. The average Bonchev–Trinajstić information content (AvgIpc) is 2.28. The third kappa shape index (κ3) is 2.36. The molecule has 1 rings (SSSR count). The molecule has 1 N–H and O–H groups in total. The van der Waals surface area contributed by atoms with Gasteiger partial charge in [0.2, 0.25) is 5.91 Å². The van der Waals surface area contributed by atoms with E-state index in [1.165, 1.54) is 0 Å². The Balaban J connectivity index is 2.53. The Hall–Kier alpha value is -1.27. The highest BCUT2D eigenvalue weighted by atomic mass is 19.4. The fourth-order valence-electron chi connectivity index (χ4n) is 1.06. The van der Waals surface area contributed by atoms with Gasteiger partial charge in [-0.3, -0.25) is 10.1 Å². The van der Waals surface area contributed by atoms with Gasteiger partial charge < -0.3 is 4.90 Å². The van der Waals surface area contributed by atoms with E-state index in [9.17, 15) is 22.8 Å². The summed E-state index contributed by atoms with van der Waals surface area (Å²) < 4.78 is 36.3. The molecule has 0 saturated carbocycles. The lowest BCUT2D eigenvalue weighted by molar-refractivity contribution is -0.172. The second-order valence-corrected chi connectivity index (χ2v) is 3.18. The number of carbonyl (C=O) groups excluding carboxylic acids is 2. The van der Waals surface area contributed by atoms with E-state index < -0.39 is 30.6 Å². The first-order valence-electron chi connectivity index (χ1n) is 3.96. The number of alkyl halides is 3. The van der Waals surface area contributed by atoms with Crippen LogP contribution in [0.2, 0.25) is 0 Å². The van der Waals surface area contributed by atoms with E-state index >= 15 is 0 Å². The number of hydrogen-bond acceptors (Lipinski definition) is 2. The smallest absolute Gasteiger partial charge is 0.315 e. The molecule has 4 nitrogen and oxygen atoms in total. The number of nitrogens with one attached hydrogen (secondary N) is 1. The van der Waals surface area contributed by atoms with Crippen LogP contribution in [0.4, 0.5) is 18.0 Å². The summed E-state index contributed by atoms with van der Waals surface area (Å²) >= 11 is 0. The average molecular weight is 210 g/mol. The van der Waals surface area contributed by atoms with Gasteiger partial charge in [-0.25, -0.2) is 4.79 Å². The predicted molar refractivity (Wildman–Crippen MR) is 40.3 cm³/mol. The maximum atomic E-state index is 12.1. The molecule has 80 valence electrons. The second-order valence-electron chi connectivity index (χ2n) is 3.18. The molecule has 1 saturated heterocycles. The van der Waals surface area contributed by atoms with E-state index in [1.807, 2.05) is 5.32 Å². The van der Waals surface area contributed by atoms with Crippen LogP contribution in [-0.4, -0.2) is 36.1 Å². The highest BCUT2D eigenvalue weighted by Gasteiger charge is 2.39. The molecular formula is C7H9F3N2O2. The highest BCUT2D eigenvalue weighted by Crippen LogP contribution is 2.26. The summed E-state index contributed by atoms with van der Waals surface area (Å²) in [6.45, 7) is 0.191. The van der Waals surface area contributed by atoms with Crippen molar-refractivity contribution in [1.29, 1.82) is 0 Å². The van der Waals surface area contributed by atoms with Crippen molar-refractivity contribution in [2.45, 2.75) is 13.1 Å². The minimum atomic E-state index is -4.34. The molecule has 1 heterocycles. The highest BCUT2D eigenvalue weighted by molar-refractivity contribution is 6.01. The maximum Gasteiger partial charge on any atom is 0.393 e. The van der Waals surface area contributed by atoms with Crippen LogP contribution in [0.5, 0.6) is 0 Å². The van der Waals surface area contributed by atoms with E-state index in [0.29, 0.717) is 0 Å². The largest absolute Gasteiger partial charge is 0.393 e. The quantitative estimate of drug-likeness (QED) is 0.683. The van der Waals surface area contributed by atoms with E-state index in [1.54, 1.807) is 0 Å². The molecule has 0 unspecified atom stereocenters. The molecule has 0 spiro atoms. The first-order valence-corrected chi connectivity index (χ1v) is 3.96. The third-order valence-electron chi connectivity index (χ3n) is 1.92. The first kappa shape index (κ1) is 10.8. The standard InChI is InChI=1S/C7H9F3N2O2/c1-4(7(8,9)10)2-12-3-5(13)11-6(12)14/h4H,2-3H2,1H3,(H,11,13,14)/t4-/m0/s1. The van der Waals surface area contributed by atoms with Crippen LogP contribution in [0.1, 0.15) is 6.92 Å². The molecule has 1 atom stereocenters. The monoisotopic (exact) mass is 210 g/mol. The molecule has 1 fully saturated rings. The number of carbonyl (C=O) groups is 2. The zero-order valence-corrected chi connectivity index (χ0v) is 7.39. The summed E-state index contributed by atoms with van der Waals surface area (Å²) in [6, 6.07) is -0.758. The van der Waals surface area contributed by atoms with Gasteiger partial charge in [-0.15, -0.1) is 0 Å². The van der Waals surface area contributed by atoms with E-state index in [0.717, 1.165) is 11.8 Å². The SMILES string of the molecule is C[C@@H](CN1CC(=O)NC1=O)C(F)(F)F. The fourth-order valence-corrected chi connectivity index (χ4v) is 1.06. The van der Waals surface area contributed by atoms with Gasteiger partial charge in [0.25, 0.3) is 0 Å². The van der Waals surface area contributed by atoms with Crippen LogP contribution in [0.15, 0.2) is 0 Å². The topological polar surface area (TPSA) is 49.4 Å². The number of halogens is 3. The summed E-state index contributed by atoms with van der Waals surface area (Å²) in [5.74, 6) is -2.19. The lowest BCUT2D eigenvalue weighted by Gasteiger charge is -2.20. The normalized spacial score (nSPS) is 19.9. The zero-order chi connectivity index (χ0) is 10.9. The Morgan fingerprint density at radius 2 is 2.07 bits per heavy atom. The van der Waals surface area contributed by atoms with E-state index in [-0.39, 0.29) is 6.54 Å². The van der Waals surface area contributed by atoms with Crippen LogP contribution in [0.25, 0.3) is 0 Å².